The molecule has 16 heavy (non-hydrogen) atoms. The lowest BCUT2D eigenvalue weighted by Crippen LogP contribution is -2.27. The van der Waals surface area contributed by atoms with Crippen molar-refractivity contribution in [3.8, 4) is 0 Å². The van der Waals surface area contributed by atoms with Crippen molar-refractivity contribution >= 4 is 21.4 Å². The molecule has 0 aromatic heterocycles. The molecule has 1 unspecified atom stereocenters. The Hall–Kier alpha value is -0.650. The highest BCUT2D eigenvalue weighted by atomic mass is 35.5. The maximum atomic E-state index is 13.3. The maximum absolute atomic E-state index is 13.3. The lowest BCUT2D eigenvalue weighted by atomic mass is 10.2. The fraction of sp³-hybridized carbons (Fsp3) is 0.400. The topological polar surface area (TPSA) is 60.2 Å². The zero-order valence-corrected chi connectivity index (χ0v) is 10.4. The summed E-state index contributed by atoms with van der Waals surface area (Å²) in [4.78, 5) is 0. The van der Waals surface area contributed by atoms with Gasteiger partial charge in [-0.1, -0.05) is 17.7 Å². The lowest BCUT2D eigenvalue weighted by Gasteiger charge is -2.09. The SMILES string of the molecule is CC(N)CS(=O)(=O)Cc1c(F)cccc1Cl. The van der Waals surface area contributed by atoms with E-state index in [4.69, 9.17) is 17.3 Å². The summed E-state index contributed by atoms with van der Waals surface area (Å²) in [6.07, 6.45) is 0. The van der Waals surface area contributed by atoms with Crippen LogP contribution in [0.4, 0.5) is 4.39 Å². The third-order valence-electron chi connectivity index (χ3n) is 1.94. The van der Waals surface area contributed by atoms with Crippen LogP contribution in [0.3, 0.4) is 0 Å². The van der Waals surface area contributed by atoms with Gasteiger partial charge < -0.3 is 5.73 Å². The van der Waals surface area contributed by atoms with Crippen LogP contribution >= 0.6 is 11.6 Å². The summed E-state index contributed by atoms with van der Waals surface area (Å²) in [6, 6.07) is 3.60. The van der Waals surface area contributed by atoms with E-state index in [0.717, 1.165) is 0 Å². The van der Waals surface area contributed by atoms with Crippen molar-refractivity contribution in [1.29, 1.82) is 0 Å². The minimum absolute atomic E-state index is 0.00446. The van der Waals surface area contributed by atoms with Crippen LogP contribution in [0.1, 0.15) is 12.5 Å². The van der Waals surface area contributed by atoms with E-state index in [-0.39, 0.29) is 16.3 Å². The van der Waals surface area contributed by atoms with Gasteiger partial charge in [-0.15, -0.1) is 0 Å². The van der Waals surface area contributed by atoms with Crippen LogP contribution in [0.5, 0.6) is 0 Å². The van der Waals surface area contributed by atoms with Crippen LogP contribution < -0.4 is 5.73 Å². The second-order valence-corrected chi connectivity index (χ2v) is 6.25. The molecule has 0 heterocycles. The van der Waals surface area contributed by atoms with Crippen LogP contribution in [-0.2, 0) is 15.6 Å². The average molecular weight is 266 g/mol. The first kappa shape index (κ1) is 13.4. The zero-order chi connectivity index (χ0) is 12.3. The molecule has 0 spiro atoms. The first-order chi connectivity index (χ1) is 7.32. The predicted molar refractivity (Wildman–Crippen MR) is 62.6 cm³/mol. The number of rotatable bonds is 4. The third-order valence-corrected chi connectivity index (χ3v) is 4.06. The third kappa shape index (κ3) is 3.73. The molecule has 0 fully saturated rings. The summed E-state index contributed by atoms with van der Waals surface area (Å²) in [6.45, 7) is 1.58. The highest BCUT2D eigenvalue weighted by Crippen LogP contribution is 2.21. The van der Waals surface area contributed by atoms with Gasteiger partial charge in [0.2, 0.25) is 0 Å². The monoisotopic (exact) mass is 265 g/mol. The van der Waals surface area contributed by atoms with E-state index in [0.29, 0.717) is 0 Å². The second kappa shape index (κ2) is 5.12. The Kier molecular flexibility index (Phi) is 4.29. The molecule has 90 valence electrons. The highest BCUT2D eigenvalue weighted by molar-refractivity contribution is 7.90. The van der Waals surface area contributed by atoms with Gasteiger partial charge in [0.25, 0.3) is 0 Å². The number of halogens is 2. The van der Waals surface area contributed by atoms with Crippen molar-refractivity contribution in [3.05, 3.63) is 34.6 Å². The Morgan fingerprint density at radius 3 is 2.62 bits per heavy atom. The molecule has 0 radical (unpaired) electrons. The van der Waals surface area contributed by atoms with E-state index >= 15 is 0 Å². The predicted octanol–water partition coefficient (Wildman–Crippen LogP) is 1.74. The second-order valence-electron chi connectivity index (χ2n) is 3.73. The Bertz CT molecular complexity index is 453. The van der Waals surface area contributed by atoms with Gasteiger partial charge in [0.05, 0.1) is 11.5 Å². The van der Waals surface area contributed by atoms with Gasteiger partial charge in [-0.05, 0) is 19.1 Å². The Morgan fingerprint density at radius 1 is 1.50 bits per heavy atom. The molecule has 0 saturated heterocycles. The number of benzene rings is 1. The van der Waals surface area contributed by atoms with Crippen molar-refractivity contribution in [3.63, 3.8) is 0 Å². The van der Waals surface area contributed by atoms with E-state index in [1.807, 2.05) is 0 Å². The van der Waals surface area contributed by atoms with Crippen molar-refractivity contribution in [2.75, 3.05) is 5.75 Å². The summed E-state index contributed by atoms with van der Waals surface area (Å²) < 4.78 is 36.6. The fourth-order valence-corrected chi connectivity index (χ4v) is 3.31. The normalized spacial score (nSPS) is 13.8. The standard InChI is InChI=1S/C10H13ClFNO2S/c1-7(13)5-16(14,15)6-8-9(11)3-2-4-10(8)12/h2-4,7H,5-6,13H2,1H3. The number of hydrogen-bond donors (Lipinski definition) is 1. The van der Waals surface area contributed by atoms with Crippen LogP contribution in [0.25, 0.3) is 0 Å². The summed E-state index contributed by atoms with van der Waals surface area (Å²) in [5.41, 5.74) is 5.41. The van der Waals surface area contributed by atoms with E-state index in [1.165, 1.54) is 18.2 Å². The van der Waals surface area contributed by atoms with E-state index < -0.39 is 27.4 Å². The maximum Gasteiger partial charge on any atom is 0.156 e. The Morgan fingerprint density at radius 2 is 2.12 bits per heavy atom. The van der Waals surface area contributed by atoms with Crippen LogP contribution in [0.2, 0.25) is 5.02 Å². The van der Waals surface area contributed by atoms with Gasteiger partial charge in [-0.2, -0.15) is 0 Å². The average Bonchev–Trinajstić information content (AvgIpc) is 2.09. The largest absolute Gasteiger partial charge is 0.327 e. The molecule has 0 bridgehead atoms. The molecule has 1 aromatic rings. The summed E-state index contributed by atoms with van der Waals surface area (Å²) in [5, 5.41) is 0.119. The van der Waals surface area contributed by atoms with Crippen molar-refractivity contribution < 1.29 is 12.8 Å². The Balaban J connectivity index is 2.97. The van der Waals surface area contributed by atoms with Gasteiger partial charge >= 0.3 is 0 Å². The van der Waals surface area contributed by atoms with Gasteiger partial charge in [0, 0.05) is 16.6 Å². The highest BCUT2D eigenvalue weighted by Gasteiger charge is 2.18. The number of sulfone groups is 1. The van der Waals surface area contributed by atoms with Crippen LogP contribution in [0.15, 0.2) is 18.2 Å². The first-order valence-electron chi connectivity index (χ1n) is 4.71. The molecule has 1 atom stereocenters. The molecule has 3 nitrogen and oxygen atoms in total. The molecule has 1 aromatic carbocycles. The van der Waals surface area contributed by atoms with E-state index in [1.54, 1.807) is 6.92 Å². The minimum atomic E-state index is -3.43. The molecule has 2 N–H and O–H groups in total. The van der Waals surface area contributed by atoms with Gasteiger partial charge in [-0.25, -0.2) is 12.8 Å². The summed E-state index contributed by atoms with van der Waals surface area (Å²) in [7, 11) is -3.43. The number of hydrogen-bond acceptors (Lipinski definition) is 3. The van der Waals surface area contributed by atoms with E-state index in [2.05, 4.69) is 0 Å². The quantitative estimate of drug-likeness (QED) is 0.902. The van der Waals surface area contributed by atoms with Crippen molar-refractivity contribution in [2.24, 2.45) is 5.73 Å². The lowest BCUT2D eigenvalue weighted by molar-refractivity contribution is 0.582. The zero-order valence-electron chi connectivity index (χ0n) is 8.78. The molecule has 1 rings (SSSR count). The Labute approximate surface area is 99.3 Å². The summed E-state index contributed by atoms with van der Waals surface area (Å²) in [5.74, 6) is -1.21. The fourth-order valence-electron chi connectivity index (χ4n) is 1.35. The minimum Gasteiger partial charge on any atom is -0.327 e. The number of nitrogens with two attached hydrogens (primary N) is 1. The molecular formula is C10H13ClFNO2S. The van der Waals surface area contributed by atoms with Crippen LogP contribution in [-0.4, -0.2) is 20.2 Å². The first-order valence-corrected chi connectivity index (χ1v) is 6.90. The van der Waals surface area contributed by atoms with Gasteiger partial charge in [0.1, 0.15) is 5.82 Å². The van der Waals surface area contributed by atoms with Gasteiger partial charge in [-0.3, -0.25) is 0 Å². The van der Waals surface area contributed by atoms with Crippen molar-refractivity contribution in [2.45, 2.75) is 18.7 Å². The van der Waals surface area contributed by atoms with Crippen molar-refractivity contribution in [1.82, 2.24) is 0 Å². The molecule has 0 amide bonds. The molecule has 0 saturated carbocycles. The van der Waals surface area contributed by atoms with E-state index in [9.17, 15) is 12.8 Å². The van der Waals surface area contributed by atoms with Crippen LogP contribution in [0, 0.1) is 5.82 Å². The molecule has 0 aliphatic heterocycles. The molecular weight excluding hydrogens is 253 g/mol. The summed E-state index contributed by atoms with van der Waals surface area (Å²) >= 11 is 5.74. The smallest absolute Gasteiger partial charge is 0.156 e. The molecule has 0 aliphatic carbocycles. The molecule has 0 aliphatic rings. The van der Waals surface area contributed by atoms with Gasteiger partial charge in [0.15, 0.2) is 9.84 Å². The molecule has 6 heteroatoms.